The SMILES string of the molecule is Cl.O=[N+]([O-])c1[nH]nc2ccccc12. The Labute approximate surface area is 79.3 Å². The topological polar surface area (TPSA) is 71.8 Å². The number of halogens is 1. The summed E-state index contributed by atoms with van der Waals surface area (Å²) >= 11 is 0. The highest BCUT2D eigenvalue weighted by molar-refractivity contribution is 5.86. The number of nitrogens with one attached hydrogen (secondary N) is 1. The molecule has 0 bridgehead atoms. The summed E-state index contributed by atoms with van der Waals surface area (Å²) in [4.78, 5) is 9.93. The Morgan fingerprint density at radius 3 is 2.77 bits per heavy atom. The molecule has 1 aromatic heterocycles. The summed E-state index contributed by atoms with van der Waals surface area (Å²) in [7, 11) is 0. The Hall–Kier alpha value is -1.62. The first kappa shape index (κ1) is 9.47. The van der Waals surface area contributed by atoms with Crippen molar-refractivity contribution in [2.75, 3.05) is 0 Å². The van der Waals surface area contributed by atoms with E-state index < -0.39 is 4.92 Å². The molecule has 0 saturated heterocycles. The highest BCUT2D eigenvalue weighted by atomic mass is 35.5. The minimum Gasteiger partial charge on any atom is -0.358 e. The lowest BCUT2D eigenvalue weighted by Gasteiger charge is -1.88. The van der Waals surface area contributed by atoms with Gasteiger partial charge in [-0.05, 0) is 17.1 Å². The predicted molar refractivity (Wildman–Crippen MR) is 50.0 cm³/mol. The molecular formula is C7H6ClN3O2. The molecule has 0 spiro atoms. The Balaban J connectivity index is 0.000000845. The first-order chi connectivity index (χ1) is 5.79. The second kappa shape index (κ2) is 3.40. The van der Waals surface area contributed by atoms with Crippen molar-refractivity contribution in [3.05, 3.63) is 34.4 Å². The molecule has 0 aliphatic heterocycles. The van der Waals surface area contributed by atoms with Crippen LogP contribution in [0, 0.1) is 10.1 Å². The number of rotatable bonds is 1. The molecular weight excluding hydrogens is 194 g/mol. The van der Waals surface area contributed by atoms with Gasteiger partial charge in [-0.25, -0.2) is 0 Å². The molecule has 5 nitrogen and oxygen atoms in total. The summed E-state index contributed by atoms with van der Waals surface area (Å²) in [5.74, 6) is -0.0504. The Bertz CT molecular complexity index is 440. The van der Waals surface area contributed by atoms with Crippen molar-refractivity contribution < 1.29 is 4.92 Å². The van der Waals surface area contributed by atoms with Gasteiger partial charge in [0.2, 0.25) is 0 Å². The fraction of sp³-hybridized carbons (Fsp3) is 0. The van der Waals surface area contributed by atoms with Gasteiger partial charge in [0, 0.05) is 0 Å². The normalized spacial score (nSPS) is 9.54. The smallest absolute Gasteiger partial charge is 0.350 e. The highest BCUT2D eigenvalue weighted by Gasteiger charge is 2.12. The van der Waals surface area contributed by atoms with E-state index in [2.05, 4.69) is 10.2 Å². The molecule has 0 unspecified atom stereocenters. The fourth-order valence-electron chi connectivity index (χ4n) is 1.08. The van der Waals surface area contributed by atoms with Crippen LogP contribution in [-0.2, 0) is 0 Å². The van der Waals surface area contributed by atoms with Crippen LogP contribution >= 0.6 is 12.4 Å². The van der Waals surface area contributed by atoms with E-state index in [1.54, 1.807) is 24.3 Å². The van der Waals surface area contributed by atoms with Crippen molar-refractivity contribution >= 4 is 29.1 Å². The van der Waals surface area contributed by atoms with Gasteiger partial charge in [0.25, 0.3) is 0 Å². The van der Waals surface area contributed by atoms with Gasteiger partial charge in [-0.2, -0.15) is 0 Å². The zero-order valence-corrected chi connectivity index (χ0v) is 7.25. The maximum atomic E-state index is 10.4. The van der Waals surface area contributed by atoms with E-state index in [1.165, 1.54) is 0 Å². The first-order valence-corrected chi connectivity index (χ1v) is 3.36. The molecule has 0 saturated carbocycles. The van der Waals surface area contributed by atoms with Crippen molar-refractivity contribution in [2.45, 2.75) is 0 Å². The number of fused-ring (bicyclic) bond motifs is 1. The third-order valence-electron chi connectivity index (χ3n) is 1.62. The minimum absolute atomic E-state index is 0. The molecule has 0 aliphatic carbocycles. The van der Waals surface area contributed by atoms with E-state index in [-0.39, 0.29) is 18.2 Å². The number of hydrogen-bond donors (Lipinski definition) is 1. The van der Waals surface area contributed by atoms with Gasteiger partial charge in [-0.3, -0.25) is 0 Å². The average molecular weight is 200 g/mol. The lowest BCUT2D eigenvalue weighted by Crippen LogP contribution is -1.87. The Kier molecular flexibility index (Phi) is 2.48. The van der Waals surface area contributed by atoms with Gasteiger partial charge in [0.15, 0.2) is 0 Å². The summed E-state index contributed by atoms with van der Waals surface area (Å²) in [6.45, 7) is 0. The maximum Gasteiger partial charge on any atom is 0.350 e. The average Bonchev–Trinajstić information content (AvgIpc) is 2.47. The van der Waals surface area contributed by atoms with Crippen LogP contribution in [0.25, 0.3) is 10.9 Å². The van der Waals surface area contributed by atoms with Crippen molar-refractivity contribution in [1.82, 2.24) is 10.2 Å². The zero-order chi connectivity index (χ0) is 8.55. The molecule has 0 aliphatic rings. The molecule has 1 heterocycles. The van der Waals surface area contributed by atoms with Crippen LogP contribution in [0.15, 0.2) is 24.3 Å². The van der Waals surface area contributed by atoms with Gasteiger partial charge in [-0.15, -0.1) is 17.5 Å². The predicted octanol–water partition coefficient (Wildman–Crippen LogP) is 1.89. The van der Waals surface area contributed by atoms with E-state index in [1.807, 2.05) is 0 Å². The first-order valence-electron chi connectivity index (χ1n) is 3.36. The lowest BCUT2D eigenvalue weighted by molar-refractivity contribution is -0.387. The van der Waals surface area contributed by atoms with Crippen LogP contribution in [0.4, 0.5) is 5.82 Å². The van der Waals surface area contributed by atoms with Crippen LogP contribution in [-0.4, -0.2) is 15.1 Å². The summed E-state index contributed by atoms with van der Waals surface area (Å²) < 4.78 is 0. The van der Waals surface area contributed by atoms with Gasteiger partial charge >= 0.3 is 5.82 Å². The third-order valence-corrected chi connectivity index (χ3v) is 1.62. The molecule has 1 N–H and O–H groups in total. The molecule has 13 heavy (non-hydrogen) atoms. The second-order valence-corrected chi connectivity index (χ2v) is 2.35. The van der Waals surface area contributed by atoms with Crippen molar-refractivity contribution in [3.63, 3.8) is 0 Å². The van der Waals surface area contributed by atoms with Crippen LogP contribution in [0.5, 0.6) is 0 Å². The standard InChI is InChI=1S/C7H5N3O2.ClH/c11-10(12)7-5-3-1-2-4-6(5)8-9-7;/h1-4H,(H,8,9);1H. The summed E-state index contributed by atoms with van der Waals surface area (Å²) in [6, 6.07) is 6.91. The highest BCUT2D eigenvalue weighted by Crippen LogP contribution is 2.20. The molecule has 0 atom stereocenters. The van der Waals surface area contributed by atoms with Gasteiger partial charge in [0.1, 0.15) is 5.52 Å². The van der Waals surface area contributed by atoms with Gasteiger partial charge in [-0.1, -0.05) is 17.2 Å². The Morgan fingerprint density at radius 2 is 2.08 bits per heavy atom. The van der Waals surface area contributed by atoms with Gasteiger partial charge < -0.3 is 10.1 Å². The molecule has 2 rings (SSSR count). The largest absolute Gasteiger partial charge is 0.358 e. The van der Waals surface area contributed by atoms with E-state index in [9.17, 15) is 10.1 Å². The van der Waals surface area contributed by atoms with Crippen molar-refractivity contribution in [1.29, 1.82) is 0 Å². The summed E-state index contributed by atoms with van der Waals surface area (Å²) in [5.41, 5.74) is 0.615. The van der Waals surface area contributed by atoms with Crippen LogP contribution in [0.2, 0.25) is 0 Å². The van der Waals surface area contributed by atoms with Crippen LogP contribution in [0.1, 0.15) is 0 Å². The Morgan fingerprint density at radius 1 is 1.38 bits per heavy atom. The molecule has 1 aromatic carbocycles. The van der Waals surface area contributed by atoms with Crippen LogP contribution in [0.3, 0.4) is 0 Å². The number of benzene rings is 1. The molecule has 2 aromatic rings. The zero-order valence-electron chi connectivity index (χ0n) is 6.43. The second-order valence-electron chi connectivity index (χ2n) is 2.35. The fourth-order valence-corrected chi connectivity index (χ4v) is 1.08. The minimum atomic E-state index is -0.477. The van der Waals surface area contributed by atoms with E-state index >= 15 is 0 Å². The lowest BCUT2D eigenvalue weighted by atomic mass is 10.2. The summed E-state index contributed by atoms with van der Waals surface area (Å²) in [5, 5.41) is 17.1. The van der Waals surface area contributed by atoms with Crippen molar-refractivity contribution in [3.8, 4) is 0 Å². The number of para-hydroxylation sites is 1. The number of H-pyrrole nitrogens is 1. The quantitative estimate of drug-likeness (QED) is 0.563. The third kappa shape index (κ3) is 1.46. The van der Waals surface area contributed by atoms with E-state index in [0.717, 1.165) is 0 Å². The molecule has 6 heteroatoms. The van der Waals surface area contributed by atoms with Crippen molar-refractivity contribution in [2.24, 2.45) is 0 Å². The number of aromatic nitrogens is 2. The number of nitrogens with zero attached hydrogens (tertiary/aromatic N) is 2. The number of aromatic amines is 1. The molecule has 68 valence electrons. The monoisotopic (exact) mass is 199 g/mol. The number of nitro groups is 1. The number of hydrogen-bond acceptors (Lipinski definition) is 3. The molecule has 0 fully saturated rings. The molecule has 0 radical (unpaired) electrons. The van der Waals surface area contributed by atoms with E-state index in [0.29, 0.717) is 10.9 Å². The van der Waals surface area contributed by atoms with Gasteiger partial charge in [0.05, 0.1) is 5.39 Å². The van der Waals surface area contributed by atoms with Crippen LogP contribution < -0.4 is 0 Å². The van der Waals surface area contributed by atoms with E-state index in [4.69, 9.17) is 0 Å². The maximum absolute atomic E-state index is 10.4. The summed E-state index contributed by atoms with van der Waals surface area (Å²) in [6.07, 6.45) is 0. The molecule has 0 amide bonds.